The minimum atomic E-state index is -0.912. The summed E-state index contributed by atoms with van der Waals surface area (Å²) in [6.07, 6.45) is 0.445. The quantitative estimate of drug-likeness (QED) is 0.904. The fourth-order valence-corrected chi connectivity index (χ4v) is 2.51. The summed E-state index contributed by atoms with van der Waals surface area (Å²) in [5, 5.41) is 11.6. The Labute approximate surface area is 131 Å². The van der Waals surface area contributed by atoms with Gasteiger partial charge in [-0.2, -0.15) is 0 Å². The van der Waals surface area contributed by atoms with Gasteiger partial charge in [-0.15, -0.1) is 0 Å². The number of carbonyl (C=O) groups excluding carboxylic acids is 1. The van der Waals surface area contributed by atoms with Gasteiger partial charge >= 0.3 is 5.97 Å². The molecule has 0 fully saturated rings. The molecule has 0 bridgehead atoms. The normalized spacial score (nSPS) is 13.0. The van der Waals surface area contributed by atoms with Crippen LogP contribution in [0, 0.1) is 11.3 Å². The topological polar surface area (TPSA) is 54.4 Å². The van der Waals surface area contributed by atoms with Crippen molar-refractivity contribution in [1.29, 1.82) is 0 Å². The van der Waals surface area contributed by atoms with Crippen molar-refractivity contribution in [3.8, 4) is 0 Å². The van der Waals surface area contributed by atoms with E-state index < -0.39 is 17.3 Å². The van der Waals surface area contributed by atoms with Gasteiger partial charge in [0.25, 0.3) is 0 Å². The second-order valence-corrected chi connectivity index (χ2v) is 6.75. The Morgan fingerprint density at radius 1 is 1.05 bits per heavy atom. The average molecular weight is 298 g/mol. The maximum absolute atomic E-state index is 12.2. The smallest absolute Gasteiger partial charge is 0.307 e. The van der Waals surface area contributed by atoms with Gasteiger partial charge in [0.2, 0.25) is 0 Å². The van der Waals surface area contributed by atoms with Crippen LogP contribution in [0.25, 0.3) is 10.8 Å². The van der Waals surface area contributed by atoms with Crippen LogP contribution in [-0.4, -0.2) is 16.9 Å². The van der Waals surface area contributed by atoms with E-state index in [9.17, 15) is 14.7 Å². The molecule has 0 radical (unpaired) electrons. The fourth-order valence-electron chi connectivity index (χ4n) is 2.51. The number of hydrogen-bond acceptors (Lipinski definition) is 2. The first-order chi connectivity index (χ1) is 10.3. The lowest BCUT2D eigenvalue weighted by molar-refractivity contribution is -0.144. The molecule has 0 unspecified atom stereocenters. The van der Waals surface area contributed by atoms with Gasteiger partial charge in [0, 0.05) is 11.8 Å². The highest BCUT2D eigenvalue weighted by molar-refractivity contribution is 5.89. The van der Waals surface area contributed by atoms with Gasteiger partial charge < -0.3 is 5.11 Å². The van der Waals surface area contributed by atoms with Crippen LogP contribution in [-0.2, 0) is 16.0 Å². The van der Waals surface area contributed by atoms with Crippen LogP contribution in [0.5, 0.6) is 0 Å². The van der Waals surface area contributed by atoms with Crippen molar-refractivity contribution in [3.05, 3.63) is 48.0 Å². The summed E-state index contributed by atoms with van der Waals surface area (Å²) < 4.78 is 0. The Morgan fingerprint density at radius 2 is 1.68 bits per heavy atom. The van der Waals surface area contributed by atoms with E-state index in [1.807, 2.05) is 63.2 Å². The summed E-state index contributed by atoms with van der Waals surface area (Å²) in [7, 11) is 0. The van der Waals surface area contributed by atoms with Crippen molar-refractivity contribution in [2.45, 2.75) is 33.6 Å². The van der Waals surface area contributed by atoms with Gasteiger partial charge in [0.05, 0.1) is 5.92 Å². The number of benzene rings is 2. The number of hydrogen-bond donors (Lipinski definition) is 1. The third kappa shape index (κ3) is 3.73. The SMILES string of the molecule is CC(C)(C)C(=O)C[C@H](Cc1cccc2ccccc12)C(=O)O. The van der Waals surface area contributed by atoms with Crippen molar-refractivity contribution in [2.75, 3.05) is 0 Å². The number of carboxylic acids is 1. The van der Waals surface area contributed by atoms with Crippen molar-refractivity contribution >= 4 is 22.5 Å². The molecule has 0 aliphatic rings. The lowest BCUT2D eigenvalue weighted by Crippen LogP contribution is -2.27. The number of aliphatic carboxylic acids is 1. The molecule has 0 saturated heterocycles. The second-order valence-electron chi connectivity index (χ2n) is 6.75. The van der Waals surface area contributed by atoms with Crippen LogP contribution in [0.4, 0.5) is 0 Å². The summed E-state index contributed by atoms with van der Waals surface area (Å²) >= 11 is 0. The van der Waals surface area contributed by atoms with Crippen LogP contribution in [0.2, 0.25) is 0 Å². The maximum Gasteiger partial charge on any atom is 0.307 e. The Morgan fingerprint density at radius 3 is 2.32 bits per heavy atom. The Hall–Kier alpha value is -2.16. The monoisotopic (exact) mass is 298 g/mol. The predicted octanol–water partition coefficient (Wildman–Crippen LogP) is 4.09. The van der Waals surface area contributed by atoms with Crippen LogP contribution in [0.15, 0.2) is 42.5 Å². The first kappa shape index (κ1) is 16.2. The zero-order chi connectivity index (χ0) is 16.3. The van der Waals surface area contributed by atoms with Crippen molar-refractivity contribution < 1.29 is 14.7 Å². The molecule has 1 atom stereocenters. The molecule has 2 rings (SSSR count). The maximum atomic E-state index is 12.2. The molecule has 0 aromatic heterocycles. The molecular formula is C19H22O3. The molecular weight excluding hydrogens is 276 g/mol. The van der Waals surface area contributed by atoms with E-state index in [1.165, 1.54) is 0 Å². The van der Waals surface area contributed by atoms with E-state index >= 15 is 0 Å². The number of carboxylic acid groups (broad SMARTS) is 1. The van der Waals surface area contributed by atoms with E-state index in [0.29, 0.717) is 6.42 Å². The van der Waals surface area contributed by atoms with E-state index in [0.717, 1.165) is 16.3 Å². The first-order valence-electron chi connectivity index (χ1n) is 7.52. The molecule has 0 aliphatic carbocycles. The summed E-state index contributed by atoms with van der Waals surface area (Å²) in [4.78, 5) is 23.7. The van der Waals surface area contributed by atoms with Gasteiger partial charge in [-0.1, -0.05) is 63.2 Å². The fraction of sp³-hybridized carbons (Fsp3) is 0.368. The van der Waals surface area contributed by atoms with Crippen LogP contribution in [0.3, 0.4) is 0 Å². The lowest BCUT2D eigenvalue weighted by Gasteiger charge is -2.20. The third-order valence-electron chi connectivity index (χ3n) is 3.96. The molecule has 0 saturated carbocycles. The highest BCUT2D eigenvalue weighted by Gasteiger charge is 2.28. The molecule has 0 heterocycles. The minimum absolute atomic E-state index is 0.0138. The molecule has 0 spiro atoms. The van der Waals surface area contributed by atoms with Crippen LogP contribution in [0.1, 0.15) is 32.8 Å². The third-order valence-corrected chi connectivity index (χ3v) is 3.96. The number of carbonyl (C=O) groups is 2. The molecule has 0 amide bonds. The van der Waals surface area contributed by atoms with E-state index in [4.69, 9.17) is 0 Å². The largest absolute Gasteiger partial charge is 0.481 e. The van der Waals surface area contributed by atoms with E-state index in [-0.39, 0.29) is 12.2 Å². The summed E-state index contributed by atoms with van der Waals surface area (Å²) in [5.41, 5.74) is 0.471. The molecule has 116 valence electrons. The summed E-state index contributed by atoms with van der Waals surface area (Å²) in [5.74, 6) is -1.61. The van der Waals surface area contributed by atoms with Gasteiger partial charge in [-0.25, -0.2) is 0 Å². The molecule has 2 aromatic carbocycles. The first-order valence-corrected chi connectivity index (χ1v) is 7.52. The molecule has 3 heteroatoms. The molecule has 22 heavy (non-hydrogen) atoms. The van der Waals surface area contributed by atoms with Gasteiger partial charge in [-0.3, -0.25) is 9.59 Å². The second kappa shape index (κ2) is 6.30. The summed E-state index contributed by atoms with van der Waals surface area (Å²) in [6, 6.07) is 13.8. The van der Waals surface area contributed by atoms with Crippen molar-refractivity contribution in [2.24, 2.45) is 11.3 Å². The predicted molar refractivity (Wildman–Crippen MR) is 87.9 cm³/mol. The Kier molecular flexibility index (Phi) is 4.65. The minimum Gasteiger partial charge on any atom is -0.481 e. The highest BCUT2D eigenvalue weighted by Crippen LogP contribution is 2.25. The number of ketones is 1. The average Bonchev–Trinajstić information content (AvgIpc) is 2.45. The molecule has 2 aromatic rings. The standard InChI is InChI=1S/C19H22O3/c1-19(2,3)17(20)12-15(18(21)22)11-14-9-6-8-13-7-4-5-10-16(13)14/h4-10,15H,11-12H2,1-3H3,(H,21,22)/t15-/m0/s1. The Balaban J connectivity index is 2.27. The van der Waals surface area contributed by atoms with E-state index in [1.54, 1.807) is 0 Å². The number of rotatable bonds is 5. The molecule has 3 nitrogen and oxygen atoms in total. The number of Topliss-reactive ketones (excluding diaryl/α,β-unsaturated/α-hetero) is 1. The van der Waals surface area contributed by atoms with Crippen LogP contribution >= 0.6 is 0 Å². The molecule has 0 aliphatic heterocycles. The van der Waals surface area contributed by atoms with Gasteiger partial charge in [0.1, 0.15) is 5.78 Å². The van der Waals surface area contributed by atoms with Crippen molar-refractivity contribution in [1.82, 2.24) is 0 Å². The van der Waals surface area contributed by atoms with Gasteiger partial charge in [0.15, 0.2) is 0 Å². The van der Waals surface area contributed by atoms with Crippen LogP contribution < -0.4 is 0 Å². The zero-order valence-corrected chi connectivity index (χ0v) is 13.3. The van der Waals surface area contributed by atoms with Crippen molar-refractivity contribution in [3.63, 3.8) is 0 Å². The van der Waals surface area contributed by atoms with Gasteiger partial charge in [-0.05, 0) is 22.8 Å². The molecule has 1 N–H and O–H groups in total. The summed E-state index contributed by atoms with van der Waals surface area (Å²) in [6.45, 7) is 5.48. The lowest BCUT2D eigenvalue weighted by atomic mass is 9.83. The number of fused-ring (bicyclic) bond motifs is 1. The van der Waals surface area contributed by atoms with E-state index in [2.05, 4.69) is 0 Å². The Bertz CT molecular complexity index is 690. The highest BCUT2D eigenvalue weighted by atomic mass is 16.4. The zero-order valence-electron chi connectivity index (χ0n) is 13.3.